The van der Waals surface area contributed by atoms with E-state index in [9.17, 15) is 12.6 Å². The van der Waals surface area contributed by atoms with Crippen LogP contribution in [0.1, 0.15) is 52.4 Å². The molecule has 0 radical (unpaired) electrons. The molecule has 3 rings (SSSR count). The average Bonchev–Trinajstić information content (AvgIpc) is 2.38. The second kappa shape index (κ2) is 6.02. The van der Waals surface area contributed by atoms with E-state index in [0.29, 0.717) is 18.6 Å². The Labute approximate surface area is 130 Å². The summed E-state index contributed by atoms with van der Waals surface area (Å²) >= 11 is 0. The Kier molecular flexibility index (Phi) is 4.87. The van der Waals surface area contributed by atoms with Crippen molar-refractivity contribution in [1.82, 2.24) is 0 Å². The highest BCUT2D eigenvalue weighted by atomic mass is 32.3. The average molecular weight is 332 g/mol. The first-order valence-electron chi connectivity index (χ1n) is 7.55. The van der Waals surface area contributed by atoms with Crippen molar-refractivity contribution in [2.45, 2.75) is 62.7 Å². The van der Waals surface area contributed by atoms with Gasteiger partial charge in [-0.2, -0.15) is 0 Å². The van der Waals surface area contributed by atoms with Crippen molar-refractivity contribution in [2.75, 3.05) is 11.5 Å². The summed E-state index contributed by atoms with van der Waals surface area (Å²) in [5.74, 6) is 3.09. The maximum Gasteiger partial charge on any atom is 0.244 e. The first-order valence-corrected chi connectivity index (χ1v) is 10.5. The third-order valence-corrected chi connectivity index (χ3v) is 10.1. The number of hydrogen-bond donors (Lipinski definition) is 0. The zero-order chi connectivity index (χ0) is 15.7. The highest BCUT2D eigenvalue weighted by Gasteiger charge is 2.66. The molecule has 0 saturated carbocycles. The van der Waals surface area contributed by atoms with Gasteiger partial charge in [0, 0.05) is 24.0 Å². The molecule has 0 aliphatic carbocycles. The summed E-state index contributed by atoms with van der Waals surface area (Å²) in [6.45, 7) is 3.95. The number of ether oxygens (including phenoxy) is 1. The van der Waals surface area contributed by atoms with Crippen LogP contribution in [0.25, 0.3) is 0 Å². The van der Waals surface area contributed by atoms with Gasteiger partial charge in [-0.25, -0.2) is 8.42 Å². The first-order chi connectivity index (χ1) is 9.83. The molecule has 0 amide bonds. The van der Waals surface area contributed by atoms with E-state index in [4.69, 9.17) is 11.2 Å². The van der Waals surface area contributed by atoms with Gasteiger partial charge < -0.3 is 4.74 Å². The fraction of sp³-hybridized carbons (Fsp3) is 0.867. The largest absolute Gasteiger partial charge is 0.345 e. The lowest BCUT2D eigenvalue weighted by Gasteiger charge is -2.55. The molecule has 0 N–H and O–H groups in total. The maximum atomic E-state index is 12.7. The summed E-state index contributed by atoms with van der Waals surface area (Å²) < 4.78 is 42.5. The molecular formula is C15H24O4S2. The van der Waals surface area contributed by atoms with Crippen molar-refractivity contribution < 1.29 is 17.4 Å². The van der Waals surface area contributed by atoms with Crippen LogP contribution in [0, 0.1) is 17.8 Å². The molecule has 3 fully saturated rings. The molecule has 0 aromatic carbocycles. The van der Waals surface area contributed by atoms with Crippen LogP contribution in [0.2, 0.25) is 0 Å². The number of hydrogen-bond acceptors (Lipinski definition) is 4. The topological polar surface area (TPSA) is 60.4 Å². The third-order valence-electron chi connectivity index (χ3n) is 4.74. The zero-order valence-electron chi connectivity index (χ0n) is 12.8. The van der Waals surface area contributed by atoms with E-state index >= 15 is 0 Å². The molecule has 0 spiro atoms. The molecule has 4 nitrogen and oxygen atoms in total. The molecule has 2 bridgehead atoms. The Balaban J connectivity index is 2.27. The van der Waals surface area contributed by atoms with E-state index in [1.165, 1.54) is 0 Å². The number of rotatable bonds is 6. The highest BCUT2D eigenvalue weighted by molar-refractivity contribution is 8.08. The Bertz CT molecular complexity index is 563. The lowest BCUT2D eigenvalue weighted by Crippen LogP contribution is -2.68. The molecule has 3 heterocycles. The summed E-state index contributed by atoms with van der Waals surface area (Å²) in [6.07, 6.45) is 8.93. The predicted octanol–water partition coefficient (Wildman–Crippen LogP) is 2.22. The summed E-state index contributed by atoms with van der Waals surface area (Å²) in [5.41, 5.74) is -0.473. The van der Waals surface area contributed by atoms with Crippen LogP contribution in [0.3, 0.4) is 0 Å². The molecule has 3 aliphatic rings. The van der Waals surface area contributed by atoms with Crippen molar-refractivity contribution in [2.24, 2.45) is 5.41 Å². The summed E-state index contributed by atoms with van der Waals surface area (Å²) in [7, 11) is -4.99. The van der Waals surface area contributed by atoms with E-state index in [2.05, 4.69) is 5.92 Å². The Morgan fingerprint density at radius 2 is 2.10 bits per heavy atom. The fourth-order valence-electron chi connectivity index (χ4n) is 3.54. The van der Waals surface area contributed by atoms with Gasteiger partial charge in [0.15, 0.2) is 9.84 Å². The quantitative estimate of drug-likeness (QED) is 0.553. The SMILES string of the molecule is C#CCCCCC12OC(C)C(CCC)(CS1=O)CS2(=O)=O. The minimum Gasteiger partial charge on any atom is -0.345 e. The van der Waals surface area contributed by atoms with Crippen molar-refractivity contribution in [3.63, 3.8) is 0 Å². The van der Waals surface area contributed by atoms with E-state index in [1.54, 1.807) is 0 Å². The highest BCUT2D eigenvalue weighted by Crippen LogP contribution is 2.52. The summed E-state index contributed by atoms with van der Waals surface area (Å²) in [5, 5.41) is 0. The van der Waals surface area contributed by atoms with Crippen LogP contribution < -0.4 is 0 Å². The Hall–Kier alpha value is -0.380. The molecule has 4 unspecified atom stereocenters. The molecule has 0 aromatic rings. The van der Waals surface area contributed by atoms with Gasteiger partial charge in [0.05, 0.1) is 22.7 Å². The molecule has 6 heteroatoms. The lowest BCUT2D eigenvalue weighted by molar-refractivity contribution is -0.0766. The molecule has 0 aromatic heterocycles. The van der Waals surface area contributed by atoms with Crippen molar-refractivity contribution in [1.29, 1.82) is 0 Å². The van der Waals surface area contributed by atoms with Crippen LogP contribution in [-0.2, 0) is 25.4 Å². The maximum absolute atomic E-state index is 12.7. The molecular weight excluding hydrogens is 308 g/mol. The van der Waals surface area contributed by atoms with Crippen LogP contribution in [0.15, 0.2) is 0 Å². The number of unbranched alkanes of at least 4 members (excludes halogenated alkanes) is 2. The monoisotopic (exact) mass is 332 g/mol. The third kappa shape index (κ3) is 2.69. The van der Waals surface area contributed by atoms with Gasteiger partial charge in [0.25, 0.3) is 0 Å². The Morgan fingerprint density at radius 1 is 1.38 bits per heavy atom. The van der Waals surface area contributed by atoms with Gasteiger partial charge in [-0.15, -0.1) is 12.3 Å². The van der Waals surface area contributed by atoms with E-state index in [1.807, 2.05) is 13.8 Å². The van der Waals surface area contributed by atoms with Crippen molar-refractivity contribution in [3.8, 4) is 12.3 Å². The van der Waals surface area contributed by atoms with Gasteiger partial charge >= 0.3 is 0 Å². The standard InChI is InChI=1S/C15H24O4S2/c1-4-6-7-8-10-15-19-13(3)14(9-5-2,11-20(15)16)12-21(15,17)18/h1,13H,5-12H2,2-3H3. The minimum atomic E-state index is -3.51. The van der Waals surface area contributed by atoms with Crippen LogP contribution in [0.4, 0.5) is 0 Å². The van der Waals surface area contributed by atoms with Gasteiger partial charge in [-0.1, -0.05) is 13.3 Å². The normalized spacial score (nSPS) is 40.8. The second-order valence-corrected chi connectivity index (χ2v) is 10.3. The molecule has 21 heavy (non-hydrogen) atoms. The number of terminal acetylenes is 1. The molecule has 120 valence electrons. The van der Waals surface area contributed by atoms with Crippen LogP contribution >= 0.6 is 0 Å². The summed E-state index contributed by atoms with van der Waals surface area (Å²) in [4.78, 5) is 0. The van der Waals surface area contributed by atoms with Crippen molar-refractivity contribution >= 4 is 20.6 Å². The van der Waals surface area contributed by atoms with Gasteiger partial charge in [-0.05, 0) is 26.2 Å². The van der Waals surface area contributed by atoms with Crippen molar-refractivity contribution in [3.05, 3.63) is 0 Å². The van der Waals surface area contributed by atoms with Crippen LogP contribution in [-0.4, -0.2) is 34.5 Å². The van der Waals surface area contributed by atoms with Gasteiger partial charge in [0.1, 0.15) is 0 Å². The zero-order valence-corrected chi connectivity index (χ0v) is 14.4. The molecule has 3 aliphatic heterocycles. The number of fused-ring (bicyclic) bond motifs is 3. The van der Waals surface area contributed by atoms with Crippen LogP contribution in [0.5, 0.6) is 0 Å². The predicted molar refractivity (Wildman–Crippen MR) is 84.7 cm³/mol. The smallest absolute Gasteiger partial charge is 0.244 e. The lowest BCUT2D eigenvalue weighted by atomic mass is 9.82. The fourth-order valence-corrected chi connectivity index (χ4v) is 9.21. The van der Waals surface area contributed by atoms with Gasteiger partial charge in [0.2, 0.25) is 4.27 Å². The molecule has 3 saturated heterocycles. The minimum absolute atomic E-state index is 0.107. The Morgan fingerprint density at radius 3 is 2.67 bits per heavy atom. The van der Waals surface area contributed by atoms with E-state index in [-0.39, 0.29) is 18.3 Å². The number of sulfone groups is 1. The van der Waals surface area contributed by atoms with E-state index < -0.39 is 30.3 Å². The van der Waals surface area contributed by atoms with E-state index in [0.717, 1.165) is 19.3 Å². The van der Waals surface area contributed by atoms with Gasteiger partial charge in [-0.3, -0.25) is 4.21 Å². The molecule has 4 atom stereocenters. The second-order valence-electron chi connectivity index (χ2n) is 6.22. The summed E-state index contributed by atoms with van der Waals surface area (Å²) in [6, 6.07) is 0. The first kappa shape index (κ1) is 17.0.